The molecule has 0 aliphatic heterocycles. The highest BCUT2D eigenvalue weighted by Gasteiger charge is 2.10. The largest absolute Gasteiger partial charge is 0.419 e. The van der Waals surface area contributed by atoms with Crippen molar-refractivity contribution in [3.8, 4) is 11.5 Å². The molecule has 19 heavy (non-hydrogen) atoms. The fraction of sp³-hybridized carbons (Fsp3) is 0.0769. The van der Waals surface area contributed by atoms with E-state index in [1.54, 1.807) is 11.3 Å². The van der Waals surface area contributed by atoms with Crippen molar-refractivity contribution < 1.29 is 4.42 Å². The molecule has 0 spiro atoms. The van der Waals surface area contributed by atoms with Crippen LogP contribution in [0.4, 0.5) is 5.69 Å². The first-order chi connectivity index (χ1) is 9.33. The zero-order valence-corrected chi connectivity index (χ0v) is 12.2. The highest BCUT2D eigenvalue weighted by Crippen LogP contribution is 2.26. The second kappa shape index (κ2) is 5.54. The zero-order valence-electron chi connectivity index (χ0n) is 9.84. The molecule has 1 aromatic carbocycles. The smallest absolute Gasteiger partial charge is 0.248 e. The molecule has 0 fully saturated rings. The number of nitrogens with one attached hydrogen (secondary N) is 1. The third-order valence-corrected chi connectivity index (χ3v) is 3.91. The van der Waals surface area contributed by atoms with Gasteiger partial charge < -0.3 is 9.73 Å². The van der Waals surface area contributed by atoms with Gasteiger partial charge in [-0.15, -0.1) is 10.2 Å². The average molecular weight is 336 g/mol. The standard InChI is InChI=1S/C13H10BrN3OS/c14-11-4-2-1-3-10(11)13-17-16-12(18-13)7-15-9-5-6-19-8-9/h1-6,8,15H,7H2. The summed E-state index contributed by atoms with van der Waals surface area (Å²) in [4.78, 5) is 0. The van der Waals surface area contributed by atoms with E-state index in [0.29, 0.717) is 18.3 Å². The van der Waals surface area contributed by atoms with Crippen LogP contribution in [-0.2, 0) is 6.54 Å². The van der Waals surface area contributed by atoms with Crippen LogP contribution in [0.25, 0.3) is 11.5 Å². The van der Waals surface area contributed by atoms with Gasteiger partial charge in [0.2, 0.25) is 11.8 Å². The number of thiophene rings is 1. The monoisotopic (exact) mass is 335 g/mol. The van der Waals surface area contributed by atoms with E-state index >= 15 is 0 Å². The Hall–Kier alpha value is -1.66. The Morgan fingerprint density at radius 1 is 1.21 bits per heavy atom. The van der Waals surface area contributed by atoms with Crippen LogP contribution in [0.5, 0.6) is 0 Å². The third-order valence-electron chi connectivity index (χ3n) is 2.54. The fourth-order valence-electron chi connectivity index (χ4n) is 1.61. The molecule has 3 rings (SSSR count). The summed E-state index contributed by atoms with van der Waals surface area (Å²) in [6, 6.07) is 9.78. The minimum Gasteiger partial charge on any atom is -0.419 e. The molecule has 96 valence electrons. The zero-order chi connectivity index (χ0) is 13.1. The van der Waals surface area contributed by atoms with Crippen molar-refractivity contribution in [2.75, 3.05) is 5.32 Å². The van der Waals surface area contributed by atoms with Crippen LogP contribution < -0.4 is 5.32 Å². The van der Waals surface area contributed by atoms with E-state index in [-0.39, 0.29) is 0 Å². The lowest BCUT2D eigenvalue weighted by Crippen LogP contribution is -1.97. The van der Waals surface area contributed by atoms with Crippen molar-refractivity contribution in [2.45, 2.75) is 6.54 Å². The summed E-state index contributed by atoms with van der Waals surface area (Å²) in [5.74, 6) is 1.09. The molecule has 0 unspecified atom stereocenters. The predicted octanol–water partition coefficient (Wildman–Crippen LogP) is 4.17. The van der Waals surface area contributed by atoms with Gasteiger partial charge in [-0.1, -0.05) is 12.1 Å². The molecule has 0 atom stereocenters. The summed E-state index contributed by atoms with van der Waals surface area (Å²) in [6.45, 7) is 0.522. The fourth-order valence-corrected chi connectivity index (χ4v) is 2.68. The number of hydrogen-bond donors (Lipinski definition) is 1. The molecule has 0 amide bonds. The van der Waals surface area contributed by atoms with Crippen LogP contribution in [0.2, 0.25) is 0 Å². The van der Waals surface area contributed by atoms with Gasteiger partial charge in [-0.05, 0) is 39.5 Å². The van der Waals surface area contributed by atoms with Crippen LogP contribution in [0.3, 0.4) is 0 Å². The summed E-state index contributed by atoms with van der Waals surface area (Å²) in [7, 11) is 0. The van der Waals surface area contributed by atoms with E-state index in [4.69, 9.17) is 4.42 Å². The number of anilines is 1. The number of rotatable bonds is 4. The molecule has 2 aromatic heterocycles. The topological polar surface area (TPSA) is 51.0 Å². The lowest BCUT2D eigenvalue weighted by Gasteiger charge is -1.99. The van der Waals surface area contributed by atoms with Gasteiger partial charge in [0.25, 0.3) is 0 Å². The van der Waals surface area contributed by atoms with Gasteiger partial charge in [0.1, 0.15) is 0 Å². The molecule has 0 aliphatic rings. The first-order valence-electron chi connectivity index (χ1n) is 5.66. The Balaban J connectivity index is 1.75. The highest BCUT2D eigenvalue weighted by atomic mass is 79.9. The van der Waals surface area contributed by atoms with Crippen LogP contribution in [-0.4, -0.2) is 10.2 Å². The van der Waals surface area contributed by atoms with Crippen molar-refractivity contribution in [2.24, 2.45) is 0 Å². The Bertz CT molecular complexity index is 666. The number of halogens is 1. The number of benzene rings is 1. The molecule has 2 heterocycles. The lowest BCUT2D eigenvalue weighted by atomic mass is 10.2. The maximum absolute atomic E-state index is 5.64. The molecule has 0 aliphatic carbocycles. The second-order valence-electron chi connectivity index (χ2n) is 3.85. The van der Waals surface area contributed by atoms with Crippen molar-refractivity contribution in [3.05, 3.63) is 51.5 Å². The average Bonchev–Trinajstić information content (AvgIpc) is 3.08. The van der Waals surface area contributed by atoms with Gasteiger partial charge in [0.05, 0.1) is 12.1 Å². The van der Waals surface area contributed by atoms with Gasteiger partial charge >= 0.3 is 0 Å². The molecule has 0 saturated carbocycles. The van der Waals surface area contributed by atoms with Gasteiger partial charge in [-0.25, -0.2) is 0 Å². The summed E-state index contributed by atoms with van der Waals surface area (Å²) < 4.78 is 6.58. The van der Waals surface area contributed by atoms with Crippen molar-refractivity contribution in [3.63, 3.8) is 0 Å². The number of hydrogen-bond acceptors (Lipinski definition) is 5. The second-order valence-corrected chi connectivity index (χ2v) is 5.48. The minimum atomic E-state index is 0.522. The minimum absolute atomic E-state index is 0.522. The predicted molar refractivity (Wildman–Crippen MR) is 79.1 cm³/mol. The van der Waals surface area contributed by atoms with Crippen molar-refractivity contribution in [1.82, 2.24) is 10.2 Å². The SMILES string of the molecule is Brc1ccccc1-c1nnc(CNc2ccsc2)o1. The van der Waals surface area contributed by atoms with Crippen LogP contribution in [0.15, 0.2) is 50.0 Å². The summed E-state index contributed by atoms with van der Waals surface area (Å²) in [6.07, 6.45) is 0. The number of aromatic nitrogens is 2. The number of nitrogens with zero attached hydrogens (tertiary/aromatic N) is 2. The van der Waals surface area contributed by atoms with Gasteiger partial charge in [0.15, 0.2) is 0 Å². The van der Waals surface area contributed by atoms with Crippen molar-refractivity contribution >= 4 is 33.0 Å². The summed E-state index contributed by atoms with van der Waals surface area (Å²) >= 11 is 5.11. The van der Waals surface area contributed by atoms with Gasteiger partial charge in [0, 0.05) is 15.5 Å². The molecule has 6 heteroatoms. The maximum Gasteiger partial charge on any atom is 0.248 e. The quantitative estimate of drug-likeness (QED) is 0.777. The lowest BCUT2D eigenvalue weighted by molar-refractivity contribution is 0.515. The Morgan fingerprint density at radius 2 is 2.11 bits per heavy atom. The molecule has 1 N–H and O–H groups in total. The summed E-state index contributed by atoms with van der Waals surface area (Å²) in [5, 5.41) is 15.4. The Kier molecular flexibility index (Phi) is 3.61. The molecule has 0 saturated heterocycles. The van der Waals surface area contributed by atoms with Crippen LogP contribution in [0.1, 0.15) is 5.89 Å². The Labute approximate surface area is 122 Å². The van der Waals surface area contributed by atoms with Crippen LogP contribution >= 0.6 is 27.3 Å². The third kappa shape index (κ3) is 2.85. The summed E-state index contributed by atoms with van der Waals surface area (Å²) in [5.41, 5.74) is 1.96. The van der Waals surface area contributed by atoms with E-state index in [2.05, 4.69) is 31.4 Å². The molecule has 0 bridgehead atoms. The van der Waals surface area contributed by atoms with Gasteiger partial charge in [-0.2, -0.15) is 11.3 Å². The van der Waals surface area contributed by atoms with E-state index in [1.807, 2.05) is 41.1 Å². The van der Waals surface area contributed by atoms with E-state index in [0.717, 1.165) is 15.7 Å². The molecular formula is C13H10BrN3OS. The molecule has 3 aromatic rings. The van der Waals surface area contributed by atoms with E-state index in [9.17, 15) is 0 Å². The first kappa shape index (κ1) is 12.4. The van der Waals surface area contributed by atoms with E-state index in [1.165, 1.54) is 0 Å². The maximum atomic E-state index is 5.64. The first-order valence-corrected chi connectivity index (χ1v) is 7.40. The molecular weight excluding hydrogens is 326 g/mol. The normalized spacial score (nSPS) is 10.6. The van der Waals surface area contributed by atoms with Gasteiger partial charge in [-0.3, -0.25) is 0 Å². The van der Waals surface area contributed by atoms with Crippen LogP contribution in [0, 0.1) is 0 Å². The Morgan fingerprint density at radius 3 is 2.89 bits per heavy atom. The van der Waals surface area contributed by atoms with Crippen molar-refractivity contribution in [1.29, 1.82) is 0 Å². The highest BCUT2D eigenvalue weighted by molar-refractivity contribution is 9.10. The molecule has 0 radical (unpaired) electrons. The molecule has 4 nitrogen and oxygen atoms in total. The van der Waals surface area contributed by atoms with E-state index < -0.39 is 0 Å².